The van der Waals surface area contributed by atoms with Crippen molar-refractivity contribution in [2.45, 2.75) is 45.3 Å². The molecule has 2 rings (SSSR count). The Kier molecular flexibility index (Phi) is 5.08. The Morgan fingerprint density at radius 1 is 1.17 bits per heavy atom. The zero-order valence-electron chi connectivity index (χ0n) is 14.7. The van der Waals surface area contributed by atoms with Gasteiger partial charge in [0, 0.05) is 11.3 Å². The second kappa shape index (κ2) is 6.59. The van der Waals surface area contributed by atoms with Gasteiger partial charge >= 0.3 is 0 Å². The molecule has 6 heteroatoms. The van der Waals surface area contributed by atoms with Gasteiger partial charge in [0.05, 0.1) is 11.1 Å². The number of amides is 2. The van der Waals surface area contributed by atoms with Crippen LogP contribution in [0.1, 0.15) is 61.3 Å². The average Bonchev–Trinajstić information content (AvgIpc) is 2.71. The van der Waals surface area contributed by atoms with E-state index in [9.17, 15) is 9.59 Å². The molecule has 1 atom stereocenters. The maximum atomic E-state index is 12.6. The average molecular weight is 347 g/mol. The number of thioether (sulfide) groups is 1. The fourth-order valence-corrected chi connectivity index (χ4v) is 4.43. The molecule has 1 heterocycles. The standard InChI is InChI=1S/C18H25N3O2S/c1-5-18(4,10-17(2,3)24-16(19)20)11-21-14(22)12-8-6-7-9-13(12)15(21)23/h6-9H,5,10-11H2,1-4H3,(H3,19,20). The number of benzene rings is 1. The first-order chi connectivity index (χ1) is 11.1. The highest BCUT2D eigenvalue weighted by molar-refractivity contribution is 8.14. The third-order valence-electron chi connectivity index (χ3n) is 4.51. The van der Waals surface area contributed by atoms with Crippen molar-refractivity contribution < 1.29 is 9.59 Å². The van der Waals surface area contributed by atoms with Crippen molar-refractivity contribution in [2.24, 2.45) is 11.1 Å². The molecule has 3 N–H and O–H groups in total. The molecule has 0 radical (unpaired) electrons. The van der Waals surface area contributed by atoms with Crippen LogP contribution in [0.2, 0.25) is 0 Å². The molecule has 5 nitrogen and oxygen atoms in total. The smallest absolute Gasteiger partial charge is 0.261 e. The quantitative estimate of drug-likeness (QED) is 0.468. The van der Waals surface area contributed by atoms with Crippen LogP contribution in [-0.4, -0.2) is 33.2 Å². The van der Waals surface area contributed by atoms with E-state index in [2.05, 4.69) is 13.8 Å². The molecule has 0 spiro atoms. The van der Waals surface area contributed by atoms with Crippen molar-refractivity contribution >= 4 is 28.7 Å². The van der Waals surface area contributed by atoms with E-state index < -0.39 is 0 Å². The van der Waals surface area contributed by atoms with Gasteiger partial charge < -0.3 is 5.73 Å². The summed E-state index contributed by atoms with van der Waals surface area (Å²) in [6.07, 6.45) is 1.57. The van der Waals surface area contributed by atoms with Crippen LogP contribution in [0.5, 0.6) is 0 Å². The van der Waals surface area contributed by atoms with E-state index in [-0.39, 0.29) is 27.1 Å². The fraction of sp³-hybridized carbons (Fsp3) is 0.500. The number of amidine groups is 1. The largest absolute Gasteiger partial charge is 0.379 e. The Hall–Kier alpha value is -1.82. The molecular formula is C18H25N3O2S. The Morgan fingerprint density at radius 2 is 1.67 bits per heavy atom. The minimum atomic E-state index is -0.241. The van der Waals surface area contributed by atoms with Gasteiger partial charge in [0.1, 0.15) is 0 Å². The van der Waals surface area contributed by atoms with Crippen LogP contribution in [-0.2, 0) is 0 Å². The number of carbonyl (C=O) groups is 2. The zero-order valence-corrected chi connectivity index (χ0v) is 15.5. The Labute approximate surface area is 147 Å². The van der Waals surface area contributed by atoms with E-state index >= 15 is 0 Å². The van der Waals surface area contributed by atoms with Gasteiger partial charge in [0.2, 0.25) is 0 Å². The predicted molar refractivity (Wildman–Crippen MR) is 98.4 cm³/mol. The van der Waals surface area contributed by atoms with E-state index in [0.717, 1.165) is 12.8 Å². The summed E-state index contributed by atoms with van der Waals surface area (Å²) in [5.74, 6) is -0.431. The molecule has 1 aromatic carbocycles. The van der Waals surface area contributed by atoms with Crippen LogP contribution in [0.15, 0.2) is 24.3 Å². The van der Waals surface area contributed by atoms with Gasteiger partial charge in [-0.3, -0.25) is 19.9 Å². The number of fused-ring (bicyclic) bond motifs is 1. The lowest BCUT2D eigenvalue weighted by molar-refractivity contribution is 0.0559. The fourth-order valence-electron chi connectivity index (χ4n) is 3.42. The summed E-state index contributed by atoms with van der Waals surface area (Å²) in [5, 5.41) is 7.60. The summed E-state index contributed by atoms with van der Waals surface area (Å²) in [4.78, 5) is 26.5. The molecule has 0 aromatic heterocycles. The van der Waals surface area contributed by atoms with Crippen LogP contribution < -0.4 is 5.73 Å². The number of nitrogens with two attached hydrogens (primary N) is 1. The molecule has 1 unspecified atom stereocenters. The third-order valence-corrected chi connectivity index (χ3v) is 5.43. The highest BCUT2D eigenvalue weighted by Gasteiger charge is 2.41. The van der Waals surface area contributed by atoms with Gasteiger partial charge in [-0.05, 0) is 30.4 Å². The lowest BCUT2D eigenvalue weighted by Crippen LogP contribution is -2.42. The number of rotatable bonds is 6. The number of nitrogens with zero attached hydrogens (tertiary/aromatic N) is 1. The summed E-state index contributed by atoms with van der Waals surface area (Å²) >= 11 is 1.32. The van der Waals surface area contributed by atoms with Crippen molar-refractivity contribution in [1.82, 2.24) is 4.90 Å². The molecule has 0 aliphatic carbocycles. The summed E-state index contributed by atoms with van der Waals surface area (Å²) in [7, 11) is 0. The van der Waals surface area contributed by atoms with Crippen molar-refractivity contribution in [2.75, 3.05) is 6.54 Å². The summed E-state index contributed by atoms with van der Waals surface area (Å²) in [6, 6.07) is 6.96. The number of carbonyl (C=O) groups excluding carboxylic acids is 2. The van der Waals surface area contributed by atoms with E-state index in [1.54, 1.807) is 24.3 Å². The maximum Gasteiger partial charge on any atom is 0.261 e. The molecule has 0 bridgehead atoms. The van der Waals surface area contributed by atoms with Gasteiger partial charge in [0.25, 0.3) is 11.8 Å². The summed E-state index contributed by atoms with van der Waals surface area (Å²) in [5.41, 5.74) is 6.26. The highest BCUT2D eigenvalue weighted by Crippen LogP contribution is 2.40. The van der Waals surface area contributed by atoms with Crippen LogP contribution in [0.3, 0.4) is 0 Å². The van der Waals surface area contributed by atoms with Gasteiger partial charge in [-0.1, -0.05) is 51.6 Å². The molecule has 1 aliphatic rings. The second-order valence-corrected chi connectivity index (χ2v) is 9.06. The number of nitrogens with one attached hydrogen (secondary N) is 1. The Balaban J connectivity index is 2.20. The number of imide groups is 1. The molecule has 0 fully saturated rings. The summed E-state index contributed by atoms with van der Waals surface area (Å²) in [6.45, 7) is 8.59. The first kappa shape index (κ1) is 18.5. The van der Waals surface area contributed by atoms with E-state index in [1.165, 1.54) is 16.7 Å². The Morgan fingerprint density at radius 3 is 2.08 bits per heavy atom. The maximum absolute atomic E-state index is 12.6. The molecule has 130 valence electrons. The molecule has 0 saturated heterocycles. The van der Waals surface area contributed by atoms with Crippen molar-refractivity contribution in [3.63, 3.8) is 0 Å². The third kappa shape index (κ3) is 3.80. The SMILES string of the molecule is CCC(C)(CN1C(=O)c2ccccc2C1=O)CC(C)(C)SC(=N)N. The van der Waals surface area contributed by atoms with Crippen molar-refractivity contribution in [3.05, 3.63) is 35.4 Å². The Bertz CT molecular complexity index is 652. The first-order valence-electron chi connectivity index (χ1n) is 8.07. The van der Waals surface area contributed by atoms with Crippen LogP contribution in [0.4, 0.5) is 0 Å². The van der Waals surface area contributed by atoms with Crippen molar-refractivity contribution in [3.8, 4) is 0 Å². The van der Waals surface area contributed by atoms with Gasteiger partial charge in [0.15, 0.2) is 5.17 Å². The molecular weight excluding hydrogens is 322 g/mol. The minimum Gasteiger partial charge on any atom is -0.379 e. The molecule has 2 amide bonds. The molecule has 1 aliphatic heterocycles. The van der Waals surface area contributed by atoms with Gasteiger partial charge in [-0.15, -0.1) is 0 Å². The van der Waals surface area contributed by atoms with Gasteiger partial charge in [-0.2, -0.15) is 0 Å². The predicted octanol–water partition coefficient (Wildman–Crippen LogP) is 3.49. The van der Waals surface area contributed by atoms with Gasteiger partial charge in [-0.25, -0.2) is 0 Å². The number of hydrogen-bond acceptors (Lipinski definition) is 4. The molecule has 24 heavy (non-hydrogen) atoms. The summed E-state index contributed by atoms with van der Waals surface area (Å²) < 4.78 is -0.241. The van der Waals surface area contributed by atoms with E-state index in [0.29, 0.717) is 17.7 Å². The normalized spacial score (nSPS) is 16.9. The topological polar surface area (TPSA) is 87.2 Å². The second-order valence-electron chi connectivity index (χ2n) is 7.31. The van der Waals surface area contributed by atoms with E-state index in [1.807, 2.05) is 13.8 Å². The molecule has 0 saturated carbocycles. The van der Waals surface area contributed by atoms with E-state index in [4.69, 9.17) is 11.1 Å². The van der Waals surface area contributed by atoms with Crippen LogP contribution in [0.25, 0.3) is 0 Å². The highest BCUT2D eigenvalue weighted by atomic mass is 32.2. The minimum absolute atomic E-state index is 0.0826. The zero-order chi connectivity index (χ0) is 18.1. The first-order valence-corrected chi connectivity index (χ1v) is 8.88. The van der Waals surface area contributed by atoms with Crippen LogP contribution >= 0.6 is 11.8 Å². The number of hydrogen-bond donors (Lipinski definition) is 2. The lowest BCUT2D eigenvalue weighted by atomic mass is 9.79. The van der Waals surface area contributed by atoms with Crippen molar-refractivity contribution in [1.29, 1.82) is 5.41 Å². The lowest BCUT2D eigenvalue weighted by Gasteiger charge is -2.38. The molecule has 1 aromatic rings. The van der Waals surface area contributed by atoms with Crippen LogP contribution in [0, 0.1) is 10.8 Å². The monoisotopic (exact) mass is 347 g/mol.